The van der Waals surface area contributed by atoms with E-state index < -0.39 is 0 Å². The molecular weight excluding hydrogens is 322 g/mol. The summed E-state index contributed by atoms with van der Waals surface area (Å²) in [5, 5.41) is 7.41. The minimum absolute atomic E-state index is 0.0560. The second kappa shape index (κ2) is 6.29. The molecule has 7 heteroatoms. The van der Waals surface area contributed by atoms with E-state index in [0.29, 0.717) is 23.3 Å². The third-order valence-electron chi connectivity index (χ3n) is 2.91. The van der Waals surface area contributed by atoms with Gasteiger partial charge in [-0.1, -0.05) is 16.8 Å². The normalized spacial score (nSPS) is 10.6. The zero-order valence-corrected chi connectivity index (χ0v) is 13.2. The van der Waals surface area contributed by atoms with Crippen molar-refractivity contribution in [1.29, 1.82) is 0 Å². The fourth-order valence-corrected chi connectivity index (χ4v) is 2.84. The summed E-state index contributed by atoms with van der Waals surface area (Å²) in [6.45, 7) is 1.99. The molecule has 5 nitrogen and oxygen atoms in total. The quantitative estimate of drug-likeness (QED) is 0.789. The molecule has 0 aliphatic heterocycles. The summed E-state index contributed by atoms with van der Waals surface area (Å²) >= 11 is 7.38. The summed E-state index contributed by atoms with van der Waals surface area (Å²) in [5.74, 6) is 0.923. The number of benzene rings is 1. The smallest absolute Gasteiger partial charge is 0.258 e. The number of nitrogens with one attached hydrogen (secondary N) is 1. The lowest BCUT2D eigenvalue weighted by atomic mass is 10.2. The molecule has 2 aromatic heterocycles. The second-order valence-electron chi connectivity index (χ2n) is 4.61. The Labute approximate surface area is 135 Å². The second-order valence-corrected chi connectivity index (χ2v) is 6.21. The molecule has 0 fully saturated rings. The van der Waals surface area contributed by atoms with Crippen LogP contribution in [0.2, 0.25) is 5.02 Å². The molecule has 0 unspecified atom stereocenters. The number of carbonyl (C=O) groups excluding carboxylic acids is 1. The van der Waals surface area contributed by atoms with Crippen molar-refractivity contribution in [2.75, 3.05) is 0 Å². The number of carbonyl (C=O) groups is 1. The van der Waals surface area contributed by atoms with E-state index in [-0.39, 0.29) is 5.91 Å². The standard InChI is InChI=1S/C15H12ClN3O2S/c1-9(20)17-8-12-6-7-13(22-12)14-18-15(21-19-14)10-2-4-11(16)5-3-10/h2-7H,8H2,1H3,(H,17,20). The van der Waals surface area contributed by atoms with Crippen LogP contribution in [-0.2, 0) is 11.3 Å². The van der Waals surface area contributed by atoms with Gasteiger partial charge in [0.2, 0.25) is 11.7 Å². The average molecular weight is 334 g/mol. The maximum atomic E-state index is 10.9. The van der Waals surface area contributed by atoms with Crippen molar-refractivity contribution in [2.45, 2.75) is 13.5 Å². The van der Waals surface area contributed by atoms with Gasteiger partial charge in [0.25, 0.3) is 5.89 Å². The van der Waals surface area contributed by atoms with E-state index in [1.54, 1.807) is 12.1 Å². The maximum absolute atomic E-state index is 10.9. The van der Waals surface area contributed by atoms with Crippen molar-refractivity contribution >= 4 is 28.8 Å². The molecule has 2 heterocycles. The number of aromatic nitrogens is 2. The highest BCUT2D eigenvalue weighted by atomic mass is 35.5. The van der Waals surface area contributed by atoms with Crippen molar-refractivity contribution in [1.82, 2.24) is 15.5 Å². The number of nitrogens with zero attached hydrogens (tertiary/aromatic N) is 2. The Bertz CT molecular complexity index is 795. The Kier molecular flexibility index (Phi) is 4.22. The zero-order valence-electron chi connectivity index (χ0n) is 11.7. The van der Waals surface area contributed by atoms with Crippen LogP contribution in [0.1, 0.15) is 11.8 Å². The molecule has 1 aromatic carbocycles. The Morgan fingerprint density at radius 1 is 1.27 bits per heavy atom. The first-order chi connectivity index (χ1) is 10.6. The first kappa shape index (κ1) is 14.7. The van der Waals surface area contributed by atoms with Crippen molar-refractivity contribution < 1.29 is 9.32 Å². The fraction of sp³-hybridized carbons (Fsp3) is 0.133. The molecule has 3 rings (SSSR count). The predicted molar refractivity (Wildman–Crippen MR) is 85.6 cm³/mol. The van der Waals surface area contributed by atoms with Gasteiger partial charge in [-0.3, -0.25) is 4.79 Å². The lowest BCUT2D eigenvalue weighted by Crippen LogP contribution is -2.17. The largest absolute Gasteiger partial charge is 0.351 e. The molecule has 0 radical (unpaired) electrons. The maximum Gasteiger partial charge on any atom is 0.258 e. The molecule has 22 heavy (non-hydrogen) atoms. The first-order valence-electron chi connectivity index (χ1n) is 6.55. The molecule has 3 aromatic rings. The van der Waals surface area contributed by atoms with Crippen LogP contribution in [0.15, 0.2) is 40.9 Å². The van der Waals surface area contributed by atoms with Crippen LogP contribution in [0.4, 0.5) is 0 Å². The van der Waals surface area contributed by atoms with E-state index in [1.807, 2.05) is 24.3 Å². The number of amides is 1. The summed E-state index contributed by atoms with van der Waals surface area (Å²) in [5.41, 5.74) is 0.818. The SMILES string of the molecule is CC(=O)NCc1ccc(-c2noc(-c3ccc(Cl)cc3)n2)s1. The Morgan fingerprint density at radius 2 is 2.05 bits per heavy atom. The number of thiophene rings is 1. The Balaban J connectivity index is 1.79. The monoisotopic (exact) mass is 333 g/mol. The van der Waals surface area contributed by atoms with Crippen molar-refractivity contribution in [3.63, 3.8) is 0 Å². The third-order valence-corrected chi connectivity index (χ3v) is 4.24. The van der Waals surface area contributed by atoms with Crippen molar-refractivity contribution in [3.05, 3.63) is 46.3 Å². The lowest BCUT2D eigenvalue weighted by Gasteiger charge is -1.96. The van der Waals surface area contributed by atoms with Gasteiger partial charge in [-0.2, -0.15) is 4.98 Å². The highest BCUT2D eigenvalue weighted by Crippen LogP contribution is 2.28. The van der Waals surface area contributed by atoms with Gasteiger partial charge in [-0.25, -0.2) is 0 Å². The Hall–Kier alpha value is -2.18. The molecule has 112 valence electrons. The van der Waals surface area contributed by atoms with Crippen LogP contribution in [0.5, 0.6) is 0 Å². The van der Waals surface area contributed by atoms with E-state index in [0.717, 1.165) is 15.3 Å². The highest BCUT2D eigenvalue weighted by molar-refractivity contribution is 7.15. The summed E-state index contributed by atoms with van der Waals surface area (Å²) in [6.07, 6.45) is 0. The first-order valence-corrected chi connectivity index (χ1v) is 7.74. The summed E-state index contributed by atoms with van der Waals surface area (Å²) in [4.78, 5) is 17.2. The summed E-state index contributed by atoms with van der Waals surface area (Å²) in [6, 6.07) is 11.1. The van der Waals surface area contributed by atoms with Crippen molar-refractivity contribution in [3.8, 4) is 22.2 Å². The molecule has 1 amide bonds. The topological polar surface area (TPSA) is 68.0 Å². The van der Waals surface area contributed by atoms with Crippen LogP contribution >= 0.6 is 22.9 Å². The third kappa shape index (κ3) is 3.35. The molecule has 0 atom stereocenters. The average Bonchev–Trinajstić information content (AvgIpc) is 3.15. The minimum Gasteiger partial charge on any atom is -0.351 e. The van der Waals surface area contributed by atoms with Crippen LogP contribution < -0.4 is 5.32 Å². The van der Waals surface area contributed by atoms with E-state index in [4.69, 9.17) is 16.1 Å². The van der Waals surface area contributed by atoms with Crippen LogP contribution in [0.25, 0.3) is 22.2 Å². The molecule has 0 aliphatic rings. The van der Waals surface area contributed by atoms with E-state index in [9.17, 15) is 4.79 Å². The number of hydrogen-bond acceptors (Lipinski definition) is 5. The number of hydrogen-bond donors (Lipinski definition) is 1. The molecule has 0 spiro atoms. The molecule has 0 bridgehead atoms. The van der Waals surface area contributed by atoms with Gasteiger partial charge in [-0.15, -0.1) is 11.3 Å². The summed E-state index contributed by atoms with van der Waals surface area (Å²) < 4.78 is 5.29. The van der Waals surface area contributed by atoms with Gasteiger partial charge < -0.3 is 9.84 Å². The van der Waals surface area contributed by atoms with Crippen LogP contribution in [0, 0.1) is 0 Å². The van der Waals surface area contributed by atoms with Crippen LogP contribution in [0.3, 0.4) is 0 Å². The Morgan fingerprint density at radius 3 is 2.77 bits per heavy atom. The molecule has 0 saturated heterocycles. The van der Waals surface area contributed by atoms with Gasteiger partial charge in [0.1, 0.15) is 0 Å². The summed E-state index contributed by atoms with van der Waals surface area (Å²) in [7, 11) is 0. The van der Waals surface area contributed by atoms with Gasteiger partial charge in [0, 0.05) is 22.4 Å². The fourth-order valence-electron chi connectivity index (χ4n) is 1.84. The van der Waals surface area contributed by atoms with Gasteiger partial charge >= 0.3 is 0 Å². The van der Waals surface area contributed by atoms with E-state index in [1.165, 1.54) is 18.3 Å². The molecular formula is C15H12ClN3O2S. The number of halogens is 1. The lowest BCUT2D eigenvalue weighted by molar-refractivity contribution is -0.119. The van der Waals surface area contributed by atoms with Gasteiger partial charge in [-0.05, 0) is 36.4 Å². The van der Waals surface area contributed by atoms with Gasteiger partial charge in [0.05, 0.1) is 11.4 Å². The van der Waals surface area contributed by atoms with Crippen LogP contribution in [-0.4, -0.2) is 16.0 Å². The zero-order chi connectivity index (χ0) is 15.5. The van der Waals surface area contributed by atoms with Gasteiger partial charge in [0.15, 0.2) is 0 Å². The highest BCUT2D eigenvalue weighted by Gasteiger charge is 2.12. The molecule has 0 saturated carbocycles. The molecule has 0 aliphatic carbocycles. The predicted octanol–water partition coefficient (Wildman–Crippen LogP) is 3.75. The minimum atomic E-state index is -0.0560. The number of rotatable bonds is 4. The van der Waals surface area contributed by atoms with Crippen molar-refractivity contribution in [2.24, 2.45) is 0 Å². The van der Waals surface area contributed by atoms with E-state index in [2.05, 4.69) is 15.5 Å². The van der Waals surface area contributed by atoms with E-state index >= 15 is 0 Å². The molecule has 1 N–H and O–H groups in total.